The molecular formula is C10H14ClNO2. The number of aryl methyl sites for hydroxylation is 1. The van der Waals surface area contributed by atoms with Gasteiger partial charge in [-0.15, -0.1) is 0 Å². The molecule has 78 valence electrons. The molecule has 0 saturated carbocycles. The van der Waals surface area contributed by atoms with Crippen molar-refractivity contribution in [2.24, 2.45) is 5.73 Å². The van der Waals surface area contributed by atoms with E-state index in [0.29, 0.717) is 10.8 Å². The monoisotopic (exact) mass is 215 g/mol. The van der Waals surface area contributed by atoms with Crippen LogP contribution in [0.4, 0.5) is 0 Å². The molecule has 3 N–H and O–H groups in total. The Kier molecular flexibility index (Phi) is 3.75. The first kappa shape index (κ1) is 11.3. The van der Waals surface area contributed by atoms with Crippen molar-refractivity contribution in [1.29, 1.82) is 0 Å². The molecule has 1 aromatic carbocycles. The first-order valence-electron chi connectivity index (χ1n) is 4.30. The maximum absolute atomic E-state index is 8.97. The standard InChI is InChI=1S/C10H14ClNO2/c1-6-3-7(11)4-8(9(12)5-13)10(6)14-2/h3-4,9,13H,5,12H2,1-2H3. The van der Waals surface area contributed by atoms with Gasteiger partial charge in [-0.1, -0.05) is 11.6 Å². The van der Waals surface area contributed by atoms with Gasteiger partial charge in [0.1, 0.15) is 5.75 Å². The van der Waals surface area contributed by atoms with Gasteiger partial charge in [-0.2, -0.15) is 0 Å². The van der Waals surface area contributed by atoms with Crippen LogP contribution in [0.5, 0.6) is 5.75 Å². The number of methoxy groups -OCH3 is 1. The van der Waals surface area contributed by atoms with E-state index >= 15 is 0 Å². The molecule has 0 aliphatic carbocycles. The smallest absolute Gasteiger partial charge is 0.126 e. The number of ether oxygens (including phenoxy) is 1. The van der Waals surface area contributed by atoms with Crippen LogP contribution in [0.1, 0.15) is 17.2 Å². The fraction of sp³-hybridized carbons (Fsp3) is 0.400. The third-order valence-electron chi connectivity index (χ3n) is 2.07. The quantitative estimate of drug-likeness (QED) is 0.806. The first-order chi connectivity index (χ1) is 6.60. The molecule has 1 aromatic rings. The summed E-state index contributed by atoms with van der Waals surface area (Å²) in [6.07, 6.45) is 0. The first-order valence-corrected chi connectivity index (χ1v) is 4.68. The third-order valence-corrected chi connectivity index (χ3v) is 2.29. The molecule has 1 unspecified atom stereocenters. The maximum atomic E-state index is 8.97. The summed E-state index contributed by atoms with van der Waals surface area (Å²) >= 11 is 5.89. The van der Waals surface area contributed by atoms with Gasteiger partial charge < -0.3 is 15.6 Å². The van der Waals surface area contributed by atoms with E-state index in [1.807, 2.05) is 6.92 Å². The Morgan fingerprint density at radius 2 is 2.21 bits per heavy atom. The van der Waals surface area contributed by atoms with Crippen molar-refractivity contribution in [3.63, 3.8) is 0 Å². The molecule has 0 aromatic heterocycles. The van der Waals surface area contributed by atoms with Crippen molar-refractivity contribution in [2.75, 3.05) is 13.7 Å². The minimum absolute atomic E-state index is 0.129. The van der Waals surface area contributed by atoms with Crippen molar-refractivity contribution in [1.82, 2.24) is 0 Å². The highest BCUT2D eigenvalue weighted by molar-refractivity contribution is 6.30. The van der Waals surface area contributed by atoms with E-state index in [1.54, 1.807) is 19.2 Å². The Bertz CT molecular complexity index is 328. The molecule has 0 fully saturated rings. The molecular weight excluding hydrogens is 202 g/mol. The number of halogens is 1. The number of hydrogen-bond donors (Lipinski definition) is 2. The molecule has 0 saturated heterocycles. The van der Waals surface area contributed by atoms with E-state index in [2.05, 4.69) is 0 Å². The summed E-state index contributed by atoms with van der Waals surface area (Å²) in [4.78, 5) is 0. The fourth-order valence-electron chi connectivity index (χ4n) is 1.41. The van der Waals surface area contributed by atoms with Crippen molar-refractivity contribution in [3.05, 3.63) is 28.3 Å². The topological polar surface area (TPSA) is 55.5 Å². The normalized spacial score (nSPS) is 12.6. The summed E-state index contributed by atoms with van der Waals surface area (Å²) in [7, 11) is 1.57. The molecule has 1 rings (SSSR count). The Morgan fingerprint density at radius 1 is 1.57 bits per heavy atom. The molecule has 4 heteroatoms. The lowest BCUT2D eigenvalue weighted by Crippen LogP contribution is -2.16. The van der Waals surface area contributed by atoms with Gasteiger partial charge in [0.05, 0.1) is 19.8 Å². The SMILES string of the molecule is COc1c(C)cc(Cl)cc1C(N)CO. The molecule has 0 bridgehead atoms. The van der Waals surface area contributed by atoms with Crippen LogP contribution in [0, 0.1) is 6.92 Å². The molecule has 0 spiro atoms. The predicted molar refractivity (Wildman–Crippen MR) is 56.8 cm³/mol. The van der Waals surface area contributed by atoms with Crippen LogP contribution in [-0.2, 0) is 0 Å². The van der Waals surface area contributed by atoms with Crippen LogP contribution in [0.3, 0.4) is 0 Å². The van der Waals surface area contributed by atoms with Gasteiger partial charge in [0.2, 0.25) is 0 Å². The van der Waals surface area contributed by atoms with Gasteiger partial charge in [-0.05, 0) is 24.6 Å². The Balaban J connectivity index is 3.24. The summed E-state index contributed by atoms with van der Waals surface area (Å²) < 4.78 is 5.20. The molecule has 0 aliphatic rings. The van der Waals surface area contributed by atoms with Gasteiger partial charge in [-0.3, -0.25) is 0 Å². The van der Waals surface area contributed by atoms with Gasteiger partial charge in [-0.25, -0.2) is 0 Å². The molecule has 1 atom stereocenters. The van der Waals surface area contributed by atoms with Gasteiger partial charge in [0.15, 0.2) is 0 Å². The van der Waals surface area contributed by atoms with Crippen LogP contribution < -0.4 is 10.5 Å². The van der Waals surface area contributed by atoms with E-state index in [-0.39, 0.29) is 6.61 Å². The Hall–Kier alpha value is -0.770. The molecule has 0 amide bonds. The van der Waals surface area contributed by atoms with Crippen LogP contribution >= 0.6 is 11.6 Å². The van der Waals surface area contributed by atoms with Gasteiger partial charge in [0.25, 0.3) is 0 Å². The largest absolute Gasteiger partial charge is 0.496 e. The number of rotatable bonds is 3. The van der Waals surface area contributed by atoms with E-state index in [4.69, 9.17) is 27.2 Å². The molecule has 0 aliphatic heterocycles. The van der Waals surface area contributed by atoms with Crippen LogP contribution in [-0.4, -0.2) is 18.8 Å². The molecule has 3 nitrogen and oxygen atoms in total. The van der Waals surface area contributed by atoms with Crippen molar-refractivity contribution >= 4 is 11.6 Å². The average molecular weight is 216 g/mol. The number of benzene rings is 1. The highest BCUT2D eigenvalue weighted by atomic mass is 35.5. The second kappa shape index (κ2) is 4.64. The Morgan fingerprint density at radius 3 is 2.71 bits per heavy atom. The number of nitrogens with two attached hydrogens (primary N) is 1. The Labute approximate surface area is 88.4 Å². The summed E-state index contributed by atoms with van der Waals surface area (Å²) in [5.41, 5.74) is 7.37. The lowest BCUT2D eigenvalue weighted by Gasteiger charge is -2.16. The lowest BCUT2D eigenvalue weighted by atomic mass is 10.0. The fourth-order valence-corrected chi connectivity index (χ4v) is 1.69. The summed E-state index contributed by atoms with van der Waals surface area (Å²) in [6.45, 7) is 1.76. The zero-order valence-electron chi connectivity index (χ0n) is 8.25. The van der Waals surface area contributed by atoms with Crippen LogP contribution in [0.25, 0.3) is 0 Å². The van der Waals surface area contributed by atoms with Crippen LogP contribution in [0.2, 0.25) is 5.02 Å². The second-order valence-corrected chi connectivity index (χ2v) is 3.57. The molecule has 0 radical (unpaired) electrons. The van der Waals surface area contributed by atoms with Crippen molar-refractivity contribution in [3.8, 4) is 5.75 Å². The minimum Gasteiger partial charge on any atom is -0.496 e. The van der Waals surface area contributed by atoms with Crippen molar-refractivity contribution < 1.29 is 9.84 Å². The number of aliphatic hydroxyl groups is 1. The minimum atomic E-state index is -0.456. The zero-order chi connectivity index (χ0) is 10.7. The van der Waals surface area contributed by atoms with E-state index < -0.39 is 6.04 Å². The van der Waals surface area contributed by atoms with E-state index in [1.165, 1.54) is 0 Å². The average Bonchev–Trinajstić information content (AvgIpc) is 2.15. The second-order valence-electron chi connectivity index (χ2n) is 3.13. The van der Waals surface area contributed by atoms with E-state index in [9.17, 15) is 0 Å². The number of aliphatic hydroxyl groups excluding tert-OH is 1. The van der Waals surface area contributed by atoms with E-state index in [0.717, 1.165) is 11.1 Å². The summed E-state index contributed by atoms with van der Waals surface area (Å²) in [6, 6.07) is 3.06. The number of hydrogen-bond acceptors (Lipinski definition) is 3. The molecule has 14 heavy (non-hydrogen) atoms. The summed E-state index contributed by atoms with van der Waals surface area (Å²) in [5.74, 6) is 0.691. The predicted octanol–water partition coefficient (Wildman–Crippen LogP) is 1.65. The van der Waals surface area contributed by atoms with Gasteiger partial charge in [0, 0.05) is 10.6 Å². The highest BCUT2D eigenvalue weighted by Gasteiger charge is 2.14. The lowest BCUT2D eigenvalue weighted by molar-refractivity contribution is 0.264. The zero-order valence-corrected chi connectivity index (χ0v) is 9.01. The maximum Gasteiger partial charge on any atom is 0.126 e. The summed E-state index contributed by atoms with van der Waals surface area (Å²) in [5, 5.41) is 9.57. The van der Waals surface area contributed by atoms with Crippen LogP contribution in [0.15, 0.2) is 12.1 Å². The highest BCUT2D eigenvalue weighted by Crippen LogP contribution is 2.30. The third kappa shape index (κ3) is 2.18. The van der Waals surface area contributed by atoms with Gasteiger partial charge >= 0.3 is 0 Å². The molecule has 0 heterocycles. The van der Waals surface area contributed by atoms with Crippen molar-refractivity contribution in [2.45, 2.75) is 13.0 Å².